The van der Waals surface area contributed by atoms with Gasteiger partial charge in [0, 0.05) is 44.9 Å². The van der Waals surface area contributed by atoms with E-state index in [0.29, 0.717) is 11.4 Å². The Kier molecular flexibility index (Phi) is 7.04. The van der Waals surface area contributed by atoms with E-state index in [9.17, 15) is 2.74 Å². The number of anilines is 6. The zero-order valence-electron chi connectivity index (χ0n) is 39.6. The molecule has 0 saturated heterocycles. The van der Waals surface area contributed by atoms with E-state index in [4.69, 9.17) is 4.11 Å². The first-order valence-corrected chi connectivity index (χ1v) is 21.7. The van der Waals surface area contributed by atoms with Crippen LogP contribution >= 0.6 is 0 Å². The first kappa shape index (κ1) is 31.4. The molecule has 0 fully saturated rings. The fraction of sp³-hybridized carbons (Fsp3) is 0.0164. The van der Waals surface area contributed by atoms with Crippen LogP contribution in [-0.2, 0) is 5.41 Å². The highest BCUT2D eigenvalue weighted by Gasteiger charge is 2.52. The number of hydrogen-bond donors (Lipinski definition) is 0. The Morgan fingerprint density at radius 1 is 0.359 bits per heavy atom. The maximum Gasteiger partial charge on any atom is 0.0727 e. The summed E-state index contributed by atoms with van der Waals surface area (Å²) in [6.45, 7) is 0. The van der Waals surface area contributed by atoms with Crippen LogP contribution < -0.4 is 9.80 Å². The lowest BCUT2D eigenvalue weighted by Gasteiger charge is -2.33. The first-order chi connectivity index (χ1) is 33.9. The summed E-state index contributed by atoms with van der Waals surface area (Å²) in [5.74, 6) is 0. The van der Waals surface area contributed by atoms with E-state index in [1.165, 1.54) is 0 Å². The molecule has 64 heavy (non-hydrogen) atoms. The van der Waals surface area contributed by atoms with E-state index >= 15 is 0 Å². The number of fused-ring (bicyclic) bond motifs is 13. The Morgan fingerprint density at radius 2 is 0.859 bits per heavy atom. The molecular formula is C61H41N3. The van der Waals surface area contributed by atoms with Gasteiger partial charge in [-0.2, -0.15) is 0 Å². The highest BCUT2D eigenvalue weighted by molar-refractivity contribution is 6.16. The van der Waals surface area contributed by atoms with Gasteiger partial charge in [0.05, 0.1) is 29.0 Å². The zero-order valence-corrected chi connectivity index (χ0v) is 34.6. The van der Waals surface area contributed by atoms with Crippen LogP contribution in [0.3, 0.4) is 0 Å². The number of hydrogen-bond acceptors (Lipinski definition) is 2. The molecule has 1 atom stereocenters. The molecule has 0 bridgehead atoms. The molecule has 11 aromatic rings. The van der Waals surface area contributed by atoms with Crippen LogP contribution in [0, 0.1) is 0 Å². The molecule has 1 unspecified atom stereocenters. The second kappa shape index (κ2) is 14.3. The van der Waals surface area contributed by atoms with Crippen molar-refractivity contribution in [2.45, 2.75) is 5.41 Å². The van der Waals surface area contributed by atoms with Crippen molar-refractivity contribution in [3.8, 4) is 27.9 Å². The Hall–Kier alpha value is -8.40. The van der Waals surface area contributed by atoms with Gasteiger partial charge < -0.3 is 14.4 Å². The predicted molar refractivity (Wildman–Crippen MR) is 266 cm³/mol. The summed E-state index contributed by atoms with van der Waals surface area (Å²) in [6, 6.07) is 75.0. The van der Waals surface area contributed by atoms with Gasteiger partial charge in [0.15, 0.2) is 0 Å². The van der Waals surface area contributed by atoms with Crippen LogP contribution in [0.15, 0.2) is 249 Å². The van der Waals surface area contributed by atoms with Crippen molar-refractivity contribution in [3.63, 3.8) is 0 Å². The Morgan fingerprint density at radius 3 is 1.50 bits per heavy atom. The first-order valence-electron chi connectivity index (χ1n) is 24.2. The summed E-state index contributed by atoms with van der Waals surface area (Å²) in [5, 5.41) is 2.31. The maximum atomic E-state index is 9.20. The fourth-order valence-electron chi connectivity index (χ4n) is 10.8. The molecule has 2 aliphatic carbocycles. The largest absolute Gasteiger partial charge is 0.310 e. The van der Waals surface area contributed by atoms with Crippen molar-refractivity contribution in [1.29, 1.82) is 0 Å². The highest BCUT2D eigenvalue weighted by atomic mass is 15.2. The quantitative estimate of drug-likeness (QED) is 0.159. The molecule has 0 aliphatic heterocycles. The van der Waals surface area contributed by atoms with Gasteiger partial charge >= 0.3 is 0 Å². The number of nitrogens with zero attached hydrogens (tertiary/aromatic N) is 3. The molecule has 300 valence electrons. The lowest BCUT2D eigenvalue weighted by atomic mass is 9.70. The van der Waals surface area contributed by atoms with Crippen LogP contribution in [0.4, 0.5) is 34.1 Å². The van der Waals surface area contributed by atoms with Crippen LogP contribution in [0.5, 0.6) is 0 Å². The molecule has 0 saturated carbocycles. The molecule has 0 amide bonds. The Balaban J connectivity index is 1.09. The molecule has 1 spiro atoms. The van der Waals surface area contributed by atoms with E-state index < -0.39 is 11.5 Å². The highest BCUT2D eigenvalue weighted by Crippen LogP contribution is 2.64. The van der Waals surface area contributed by atoms with Crippen molar-refractivity contribution in [1.82, 2.24) is 4.57 Å². The third kappa shape index (κ3) is 5.22. The summed E-state index contributed by atoms with van der Waals surface area (Å²) in [5.41, 5.74) is 16.1. The van der Waals surface area contributed by atoms with Crippen molar-refractivity contribution in [2.24, 2.45) is 0 Å². The number of rotatable bonds is 7. The normalized spacial score (nSPS) is 15.4. The molecule has 0 N–H and O–H groups in total. The minimum absolute atomic E-state index is 0.0903. The lowest BCUT2D eigenvalue weighted by Crippen LogP contribution is -2.26. The Bertz CT molecular complexity index is 3830. The van der Waals surface area contributed by atoms with E-state index in [2.05, 4.69) is 191 Å². The lowest BCUT2D eigenvalue weighted by molar-refractivity contribution is 0.793. The summed E-state index contributed by atoms with van der Waals surface area (Å²) >= 11 is 0. The predicted octanol–water partition coefficient (Wildman–Crippen LogP) is 16.1. The van der Waals surface area contributed by atoms with Crippen molar-refractivity contribution >= 4 is 55.9 Å². The minimum Gasteiger partial charge on any atom is -0.310 e. The van der Waals surface area contributed by atoms with Crippen LogP contribution in [0.25, 0.3) is 49.7 Å². The van der Waals surface area contributed by atoms with Gasteiger partial charge in [0.1, 0.15) is 0 Å². The van der Waals surface area contributed by atoms with Crippen molar-refractivity contribution < 1.29 is 6.85 Å². The number of benzene rings is 10. The van der Waals surface area contributed by atoms with E-state index in [1.54, 1.807) is 0 Å². The molecule has 2 aliphatic rings. The van der Waals surface area contributed by atoms with Crippen molar-refractivity contribution in [3.05, 3.63) is 271 Å². The van der Waals surface area contributed by atoms with Gasteiger partial charge in [-0.05, 0) is 135 Å². The average Bonchev–Trinajstić information content (AvgIpc) is 4.01. The summed E-state index contributed by atoms with van der Waals surface area (Å²) < 4.78 is 46.7. The van der Waals surface area contributed by atoms with E-state index in [1.807, 2.05) is 41.3 Å². The third-order valence-electron chi connectivity index (χ3n) is 13.2. The molecular weight excluding hydrogens is 775 g/mol. The molecule has 3 nitrogen and oxygen atoms in total. The van der Waals surface area contributed by atoms with E-state index in [0.717, 1.165) is 89.1 Å². The van der Waals surface area contributed by atoms with E-state index in [-0.39, 0.29) is 29.9 Å². The molecule has 1 heterocycles. The van der Waals surface area contributed by atoms with Gasteiger partial charge in [-0.15, -0.1) is 0 Å². The SMILES string of the molecule is [2H]c1c([2H])c([2H])c(N(c2ccccc2)c2ccc3c(c2)C2(c4ccccc4-3)c3ccccc3-c3ccc(N(c4ccccc4)c4cccc5c4c4ccccc4n5-c4ccccc4)cc32)c([2H])c1[2H]. The number of para-hydroxylation sites is 5. The summed E-state index contributed by atoms with van der Waals surface area (Å²) in [4.78, 5) is 4.22. The molecule has 3 heteroatoms. The van der Waals surface area contributed by atoms with Gasteiger partial charge in [-0.25, -0.2) is 0 Å². The topological polar surface area (TPSA) is 11.4 Å². The third-order valence-corrected chi connectivity index (χ3v) is 13.2. The monoisotopic (exact) mass is 820 g/mol. The van der Waals surface area contributed by atoms with Gasteiger partial charge in [0.25, 0.3) is 0 Å². The molecule has 1 aromatic heterocycles. The minimum atomic E-state index is -0.788. The standard InChI is InChI=1S/C61H41N3/c1-5-20-42(21-6-1)62(43-22-7-2-8-23-43)46-36-38-50-48-28-13-16-31-53(48)61(55(50)40-46)54-32-17-14-29-49(54)51-39-37-47(41-56(51)61)63(44-24-9-3-10-25-44)58-34-19-35-59-60(58)52-30-15-18-33-57(52)64(59)45-26-11-4-12-27-45/h1-41H/i1D,5D,6D,20D,21D. The maximum absolute atomic E-state index is 9.20. The fourth-order valence-corrected chi connectivity index (χ4v) is 10.8. The molecule has 0 radical (unpaired) electrons. The summed E-state index contributed by atoms with van der Waals surface area (Å²) in [7, 11) is 0. The Labute approximate surface area is 380 Å². The molecule has 13 rings (SSSR count). The van der Waals surface area contributed by atoms with Gasteiger partial charge in [0.2, 0.25) is 0 Å². The van der Waals surface area contributed by atoms with Gasteiger partial charge in [-0.1, -0.05) is 158 Å². The second-order valence-electron chi connectivity index (χ2n) is 16.5. The van der Waals surface area contributed by atoms with Gasteiger partial charge in [-0.3, -0.25) is 0 Å². The van der Waals surface area contributed by atoms with Crippen LogP contribution in [0.2, 0.25) is 0 Å². The second-order valence-corrected chi connectivity index (χ2v) is 16.5. The van der Waals surface area contributed by atoms with Crippen LogP contribution in [0.1, 0.15) is 29.1 Å². The smallest absolute Gasteiger partial charge is 0.0727 e. The molecule has 10 aromatic carbocycles. The van der Waals surface area contributed by atoms with Crippen molar-refractivity contribution in [2.75, 3.05) is 9.80 Å². The number of aromatic nitrogens is 1. The van der Waals surface area contributed by atoms with Crippen LogP contribution in [-0.4, -0.2) is 4.57 Å². The summed E-state index contributed by atoms with van der Waals surface area (Å²) in [6.07, 6.45) is 0. The average molecular weight is 821 g/mol. The zero-order chi connectivity index (χ0) is 46.5.